The lowest BCUT2D eigenvalue weighted by Crippen LogP contribution is -2.47. The fraction of sp³-hybridized carbons (Fsp3) is 0.769. The third kappa shape index (κ3) is 2.07. The minimum absolute atomic E-state index is 0.549. The maximum Gasteiger partial charge on any atom is 0.245 e. The number of piperidine rings is 1. The van der Waals surface area contributed by atoms with Crippen molar-refractivity contribution in [2.45, 2.75) is 57.7 Å². The largest absolute Gasteiger partial charge is 0.339 e. The second-order valence-electron chi connectivity index (χ2n) is 5.66. The van der Waals surface area contributed by atoms with E-state index in [0.717, 1.165) is 17.3 Å². The molecule has 98 valence electrons. The molecule has 2 aliphatic rings. The highest BCUT2D eigenvalue weighted by atomic mass is 15.3. The summed E-state index contributed by atoms with van der Waals surface area (Å²) in [5.41, 5.74) is 1.89. The molecule has 2 saturated heterocycles. The van der Waals surface area contributed by atoms with Crippen molar-refractivity contribution in [2.24, 2.45) is 0 Å². The number of anilines is 1. The molecule has 0 amide bonds. The Hall–Kier alpha value is -1.23. The van der Waals surface area contributed by atoms with E-state index in [1.807, 2.05) is 13.8 Å². The molecule has 2 aliphatic heterocycles. The van der Waals surface area contributed by atoms with Gasteiger partial charge in [-0.3, -0.25) is 0 Å². The Kier molecular flexibility index (Phi) is 2.93. The van der Waals surface area contributed by atoms with Crippen LogP contribution in [0.25, 0.3) is 0 Å². The number of rotatable bonds is 2. The first-order chi connectivity index (χ1) is 8.63. The van der Waals surface area contributed by atoms with Gasteiger partial charge in [0.15, 0.2) is 0 Å². The van der Waals surface area contributed by atoms with Gasteiger partial charge >= 0.3 is 0 Å². The van der Waals surface area contributed by atoms with Crippen LogP contribution in [0.15, 0.2) is 0 Å². The molecule has 3 rings (SSSR count). The Morgan fingerprint density at radius 3 is 2.33 bits per heavy atom. The van der Waals surface area contributed by atoms with Gasteiger partial charge in [-0.05, 0) is 39.5 Å². The second-order valence-corrected chi connectivity index (χ2v) is 5.66. The van der Waals surface area contributed by atoms with E-state index in [-0.39, 0.29) is 0 Å². The minimum Gasteiger partial charge on any atom is -0.339 e. The highest BCUT2D eigenvalue weighted by molar-refractivity contribution is 5.31. The summed E-state index contributed by atoms with van der Waals surface area (Å²) in [5, 5.41) is 12.1. The maximum atomic E-state index is 4.55. The molecule has 3 heterocycles. The summed E-state index contributed by atoms with van der Waals surface area (Å²) in [6.45, 7) is 3.94. The van der Waals surface area contributed by atoms with E-state index in [4.69, 9.17) is 0 Å². The molecule has 1 aromatic heterocycles. The van der Waals surface area contributed by atoms with Gasteiger partial charge in [0.1, 0.15) is 0 Å². The Bertz CT molecular complexity index is 435. The molecule has 5 nitrogen and oxygen atoms in total. The van der Waals surface area contributed by atoms with E-state index in [2.05, 4.69) is 32.4 Å². The van der Waals surface area contributed by atoms with E-state index in [9.17, 15) is 0 Å². The van der Waals surface area contributed by atoms with Crippen molar-refractivity contribution in [1.29, 1.82) is 0 Å². The van der Waals surface area contributed by atoms with E-state index in [1.165, 1.54) is 25.7 Å². The van der Waals surface area contributed by atoms with E-state index < -0.39 is 0 Å². The molecule has 2 atom stereocenters. The normalized spacial score (nSPS) is 30.5. The lowest BCUT2D eigenvalue weighted by atomic mass is 9.99. The summed E-state index contributed by atoms with van der Waals surface area (Å²) in [6.07, 6.45) is 5.04. The van der Waals surface area contributed by atoms with Crippen molar-refractivity contribution in [2.75, 3.05) is 11.9 Å². The molecule has 2 unspecified atom stereocenters. The van der Waals surface area contributed by atoms with Crippen LogP contribution in [0.4, 0.5) is 5.95 Å². The number of hydrogen-bond acceptors (Lipinski definition) is 5. The number of hydrogen-bond donors (Lipinski definition) is 1. The molecule has 1 N–H and O–H groups in total. The molecule has 1 aromatic rings. The van der Waals surface area contributed by atoms with Gasteiger partial charge < -0.3 is 10.2 Å². The van der Waals surface area contributed by atoms with Gasteiger partial charge in [-0.2, -0.15) is 5.10 Å². The van der Waals surface area contributed by atoms with Crippen LogP contribution in [-0.2, 0) is 0 Å². The molecule has 2 bridgehead atoms. The molecular formula is C13H21N5. The molecule has 0 spiro atoms. The van der Waals surface area contributed by atoms with Gasteiger partial charge in [0, 0.05) is 25.2 Å². The monoisotopic (exact) mass is 247 g/mol. The van der Waals surface area contributed by atoms with Crippen LogP contribution in [0.3, 0.4) is 0 Å². The summed E-state index contributed by atoms with van der Waals surface area (Å²) >= 11 is 0. The third-order valence-corrected chi connectivity index (χ3v) is 4.39. The SMILES string of the molecule is Cc1nnc(N(C)C2CC3CCC(C2)N3)nc1C. The number of nitrogens with zero attached hydrogens (tertiary/aromatic N) is 4. The average Bonchev–Trinajstić information content (AvgIpc) is 2.71. The van der Waals surface area contributed by atoms with Gasteiger partial charge in [-0.15, -0.1) is 5.10 Å². The van der Waals surface area contributed by atoms with Crippen molar-refractivity contribution >= 4 is 5.95 Å². The topological polar surface area (TPSA) is 53.9 Å². The molecule has 0 saturated carbocycles. The van der Waals surface area contributed by atoms with Crippen LogP contribution in [0.1, 0.15) is 37.1 Å². The zero-order valence-corrected chi connectivity index (χ0v) is 11.3. The standard InChI is InChI=1S/C13H21N5/c1-8-9(2)16-17-13(14-8)18(3)12-6-10-4-5-11(7-12)15-10/h10-12,15H,4-7H2,1-3H3. The van der Waals surface area contributed by atoms with Gasteiger partial charge in [-0.1, -0.05) is 0 Å². The lowest BCUT2D eigenvalue weighted by molar-refractivity contribution is 0.352. The van der Waals surface area contributed by atoms with Crippen molar-refractivity contribution < 1.29 is 0 Å². The highest BCUT2D eigenvalue weighted by Gasteiger charge is 2.35. The summed E-state index contributed by atoms with van der Waals surface area (Å²) in [5.74, 6) is 0.768. The quantitative estimate of drug-likeness (QED) is 0.851. The zero-order valence-electron chi connectivity index (χ0n) is 11.3. The molecule has 0 aromatic carbocycles. The third-order valence-electron chi connectivity index (χ3n) is 4.39. The Labute approximate surface area is 108 Å². The number of fused-ring (bicyclic) bond motifs is 2. The molecule has 2 fully saturated rings. The van der Waals surface area contributed by atoms with Crippen molar-refractivity contribution in [1.82, 2.24) is 20.5 Å². The van der Waals surface area contributed by atoms with Gasteiger partial charge in [0.2, 0.25) is 5.95 Å². The number of aryl methyl sites for hydroxylation is 2. The smallest absolute Gasteiger partial charge is 0.245 e. The van der Waals surface area contributed by atoms with Gasteiger partial charge in [-0.25, -0.2) is 4.98 Å². The molecular weight excluding hydrogens is 226 g/mol. The Morgan fingerprint density at radius 2 is 1.72 bits per heavy atom. The summed E-state index contributed by atoms with van der Waals surface area (Å²) in [6, 6.07) is 1.93. The first-order valence-corrected chi connectivity index (χ1v) is 6.80. The first kappa shape index (κ1) is 11.8. The average molecular weight is 247 g/mol. The Morgan fingerprint density at radius 1 is 1.06 bits per heavy atom. The molecule has 5 heteroatoms. The van der Waals surface area contributed by atoms with E-state index >= 15 is 0 Å². The fourth-order valence-electron chi connectivity index (χ4n) is 3.10. The van der Waals surface area contributed by atoms with Crippen LogP contribution < -0.4 is 10.2 Å². The van der Waals surface area contributed by atoms with E-state index in [0.29, 0.717) is 18.1 Å². The second kappa shape index (κ2) is 4.46. The summed E-state index contributed by atoms with van der Waals surface area (Å²) in [4.78, 5) is 6.76. The van der Waals surface area contributed by atoms with Crippen LogP contribution in [0, 0.1) is 13.8 Å². The predicted molar refractivity (Wildman–Crippen MR) is 70.7 cm³/mol. The minimum atomic E-state index is 0.549. The molecule has 18 heavy (non-hydrogen) atoms. The van der Waals surface area contributed by atoms with Crippen LogP contribution in [-0.4, -0.2) is 40.4 Å². The maximum absolute atomic E-state index is 4.55. The summed E-state index contributed by atoms with van der Waals surface area (Å²) in [7, 11) is 2.10. The van der Waals surface area contributed by atoms with Crippen molar-refractivity contribution in [3.63, 3.8) is 0 Å². The fourth-order valence-corrected chi connectivity index (χ4v) is 3.10. The van der Waals surface area contributed by atoms with Crippen molar-refractivity contribution in [3.8, 4) is 0 Å². The van der Waals surface area contributed by atoms with Gasteiger partial charge in [0.05, 0.1) is 11.4 Å². The predicted octanol–water partition coefficient (Wildman–Crippen LogP) is 1.21. The Balaban J connectivity index is 1.77. The summed E-state index contributed by atoms with van der Waals surface area (Å²) < 4.78 is 0. The number of aromatic nitrogens is 3. The number of nitrogens with one attached hydrogen (secondary N) is 1. The van der Waals surface area contributed by atoms with Gasteiger partial charge in [0.25, 0.3) is 0 Å². The molecule has 0 radical (unpaired) electrons. The zero-order chi connectivity index (χ0) is 12.7. The van der Waals surface area contributed by atoms with Crippen LogP contribution >= 0.6 is 0 Å². The molecule has 0 aliphatic carbocycles. The van der Waals surface area contributed by atoms with Crippen LogP contribution in [0.5, 0.6) is 0 Å². The highest BCUT2D eigenvalue weighted by Crippen LogP contribution is 2.30. The van der Waals surface area contributed by atoms with Crippen molar-refractivity contribution in [3.05, 3.63) is 11.4 Å². The first-order valence-electron chi connectivity index (χ1n) is 6.80. The lowest BCUT2D eigenvalue weighted by Gasteiger charge is -2.35. The van der Waals surface area contributed by atoms with E-state index in [1.54, 1.807) is 0 Å². The van der Waals surface area contributed by atoms with Crippen LogP contribution in [0.2, 0.25) is 0 Å².